The zero-order valence-electron chi connectivity index (χ0n) is 13.8. The number of rotatable bonds is 4. The summed E-state index contributed by atoms with van der Waals surface area (Å²) in [5.74, 6) is 1.53. The maximum atomic E-state index is 12.3. The van der Waals surface area contributed by atoms with Gasteiger partial charge >= 0.3 is 0 Å². The van der Waals surface area contributed by atoms with E-state index in [9.17, 15) is 4.79 Å². The number of methoxy groups -OCH3 is 1. The highest BCUT2D eigenvalue weighted by atomic mass is 16.5. The minimum absolute atomic E-state index is 0.0488. The number of carbonyl (C=O) groups is 1. The number of aromatic nitrogens is 2. The van der Waals surface area contributed by atoms with Crippen LogP contribution in [0, 0.1) is 12.3 Å². The standard InChI is InChI=1S/C16H24N4O3/c1-11-17-15(23-18-11)13-6-19(14(21)7-22-2)8-16(13)9-20(10-16)12-4-3-5-12/h12-13H,3-10H2,1-2H3. The Kier molecular flexibility index (Phi) is 3.65. The van der Waals surface area contributed by atoms with Crippen molar-refractivity contribution in [3.05, 3.63) is 11.7 Å². The first-order chi connectivity index (χ1) is 11.1. The van der Waals surface area contributed by atoms with E-state index in [2.05, 4.69) is 15.0 Å². The molecule has 1 spiro atoms. The SMILES string of the molecule is COCC(=O)N1CC(c2nc(C)no2)C2(C1)CN(C1CCC1)C2. The molecule has 126 valence electrons. The van der Waals surface area contributed by atoms with Crippen LogP contribution in [0.15, 0.2) is 4.52 Å². The van der Waals surface area contributed by atoms with Gasteiger partial charge in [0.1, 0.15) is 6.61 Å². The molecule has 3 heterocycles. The first-order valence-electron chi connectivity index (χ1n) is 8.42. The Labute approximate surface area is 136 Å². The Morgan fingerprint density at radius 1 is 1.39 bits per heavy atom. The van der Waals surface area contributed by atoms with Crippen molar-refractivity contribution in [3.63, 3.8) is 0 Å². The van der Waals surface area contributed by atoms with Gasteiger partial charge in [-0.05, 0) is 19.8 Å². The molecule has 1 atom stereocenters. The minimum Gasteiger partial charge on any atom is -0.375 e. The summed E-state index contributed by atoms with van der Waals surface area (Å²) in [7, 11) is 1.56. The van der Waals surface area contributed by atoms with E-state index >= 15 is 0 Å². The van der Waals surface area contributed by atoms with Crippen LogP contribution in [0.4, 0.5) is 0 Å². The van der Waals surface area contributed by atoms with Crippen LogP contribution in [0.1, 0.15) is 36.9 Å². The predicted molar refractivity (Wildman–Crippen MR) is 81.9 cm³/mol. The molecule has 3 aliphatic rings. The predicted octanol–water partition coefficient (Wildman–Crippen LogP) is 0.805. The molecule has 2 saturated heterocycles. The van der Waals surface area contributed by atoms with Crippen molar-refractivity contribution in [2.45, 2.75) is 38.1 Å². The van der Waals surface area contributed by atoms with Crippen LogP contribution >= 0.6 is 0 Å². The number of likely N-dealkylation sites (tertiary alicyclic amines) is 2. The molecule has 7 heteroatoms. The summed E-state index contributed by atoms with van der Waals surface area (Å²) in [5.41, 5.74) is 0.0674. The third-order valence-electron chi connectivity index (χ3n) is 5.74. The molecular formula is C16H24N4O3. The average Bonchev–Trinajstić information content (AvgIpc) is 3.00. The number of aryl methyl sites for hydroxylation is 1. The first-order valence-corrected chi connectivity index (χ1v) is 8.42. The number of amides is 1. The molecule has 2 aliphatic heterocycles. The third-order valence-corrected chi connectivity index (χ3v) is 5.74. The van der Waals surface area contributed by atoms with Crippen LogP contribution < -0.4 is 0 Å². The van der Waals surface area contributed by atoms with E-state index in [1.165, 1.54) is 19.3 Å². The van der Waals surface area contributed by atoms with Crippen molar-refractivity contribution in [2.75, 3.05) is 39.9 Å². The smallest absolute Gasteiger partial charge is 0.248 e. The second kappa shape index (κ2) is 5.56. The summed E-state index contributed by atoms with van der Waals surface area (Å²) in [5, 5.41) is 3.94. The maximum Gasteiger partial charge on any atom is 0.248 e. The molecule has 0 radical (unpaired) electrons. The van der Waals surface area contributed by atoms with Gasteiger partial charge in [0.15, 0.2) is 5.82 Å². The average molecular weight is 320 g/mol. The highest BCUT2D eigenvalue weighted by Gasteiger charge is 2.58. The summed E-state index contributed by atoms with van der Waals surface area (Å²) in [6.45, 7) is 5.45. The summed E-state index contributed by atoms with van der Waals surface area (Å²) < 4.78 is 10.5. The zero-order chi connectivity index (χ0) is 16.0. The fourth-order valence-corrected chi connectivity index (χ4v) is 4.26. The number of hydrogen-bond acceptors (Lipinski definition) is 6. The normalized spacial score (nSPS) is 27.2. The molecule has 1 aromatic heterocycles. The summed E-state index contributed by atoms with van der Waals surface area (Å²) in [6.07, 6.45) is 3.97. The van der Waals surface area contributed by atoms with Crippen LogP contribution in [-0.2, 0) is 9.53 Å². The van der Waals surface area contributed by atoms with Crippen LogP contribution in [-0.4, -0.2) is 71.8 Å². The largest absolute Gasteiger partial charge is 0.375 e. The van der Waals surface area contributed by atoms with Gasteiger partial charge in [0, 0.05) is 44.7 Å². The molecule has 1 aliphatic carbocycles. The van der Waals surface area contributed by atoms with Gasteiger partial charge in [0.2, 0.25) is 11.8 Å². The van der Waals surface area contributed by atoms with E-state index < -0.39 is 0 Å². The van der Waals surface area contributed by atoms with E-state index in [0.717, 1.165) is 25.7 Å². The van der Waals surface area contributed by atoms with Crippen molar-refractivity contribution in [1.29, 1.82) is 0 Å². The lowest BCUT2D eigenvalue weighted by atomic mass is 9.69. The number of nitrogens with zero attached hydrogens (tertiary/aromatic N) is 4. The zero-order valence-corrected chi connectivity index (χ0v) is 13.8. The van der Waals surface area contributed by atoms with Gasteiger partial charge in [-0.2, -0.15) is 4.98 Å². The molecule has 0 bridgehead atoms. The fourth-order valence-electron chi connectivity index (χ4n) is 4.26. The van der Waals surface area contributed by atoms with Crippen molar-refractivity contribution in [3.8, 4) is 0 Å². The Bertz CT molecular complexity index is 592. The van der Waals surface area contributed by atoms with Gasteiger partial charge < -0.3 is 14.2 Å². The molecule has 7 nitrogen and oxygen atoms in total. The molecule has 1 amide bonds. The highest BCUT2D eigenvalue weighted by Crippen LogP contribution is 2.50. The molecule has 4 rings (SSSR count). The molecule has 1 saturated carbocycles. The Hall–Kier alpha value is -1.47. The van der Waals surface area contributed by atoms with Crippen molar-refractivity contribution in [1.82, 2.24) is 19.9 Å². The fraction of sp³-hybridized carbons (Fsp3) is 0.812. The van der Waals surface area contributed by atoms with E-state index in [0.29, 0.717) is 18.3 Å². The lowest BCUT2D eigenvalue weighted by Gasteiger charge is -2.55. The summed E-state index contributed by atoms with van der Waals surface area (Å²) in [6, 6.07) is 0.745. The molecular weight excluding hydrogens is 296 g/mol. The highest BCUT2D eigenvalue weighted by molar-refractivity contribution is 5.78. The second-order valence-corrected chi connectivity index (χ2v) is 7.29. The summed E-state index contributed by atoms with van der Waals surface area (Å²) in [4.78, 5) is 21.2. The van der Waals surface area contributed by atoms with Crippen LogP contribution in [0.25, 0.3) is 0 Å². The molecule has 23 heavy (non-hydrogen) atoms. The lowest BCUT2D eigenvalue weighted by molar-refractivity contribution is -0.135. The van der Waals surface area contributed by atoms with Gasteiger partial charge in [0.25, 0.3) is 0 Å². The lowest BCUT2D eigenvalue weighted by Crippen LogP contribution is -2.64. The number of hydrogen-bond donors (Lipinski definition) is 0. The maximum absolute atomic E-state index is 12.3. The molecule has 1 unspecified atom stereocenters. The monoisotopic (exact) mass is 320 g/mol. The van der Waals surface area contributed by atoms with E-state index in [-0.39, 0.29) is 23.8 Å². The third kappa shape index (κ3) is 2.46. The van der Waals surface area contributed by atoms with E-state index in [1.807, 2.05) is 11.8 Å². The Balaban J connectivity index is 1.53. The minimum atomic E-state index is 0.0488. The molecule has 1 aromatic rings. The summed E-state index contributed by atoms with van der Waals surface area (Å²) >= 11 is 0. The van der Waals surface area contributed by atoms with Crippen LogP contribution in [0.3, 0.4) is 0 Å². The van der Waals surface area contributed by atoms with Crippen LogP contribution in [0.5, 0.6) is 0 Å². The number of ether oxygens (including phenoxy) is 1. The molecule has 0 N–H and O–H groups in total. The van der Waals surface area contributed by atoms with Crippen molar-refractivity contribution < 1.29 is 14.1 Å². The van der Waals surface area contributed by atoms with Gasteiger partial charge in [-0.1, -0.05) is 11.6 Å². The van der Waals surface area contributed by atoms with Gasteiger partial charge in [-0.3, -0.25) is 9.69 Å². The Morgan fingerprint density at radius 3 is 2.74 bits per heavy atom. The van der Waals surface area contributed by atoms with Gasteiger partial charge in [-0.25, -0.2) is 0 Å². The molecule has 0 aromatic carbocycles. The van der Waals surface area contributed by atoms with E-state index in [1.54, 1.807) is 7.11 Å². The topological polar surface area (TPSA) is 71.7 Å². The van der Waals surface area contributed by atoms with Gasteiger partial charge in [-0.15, -0.1) is 0 Å². The van der Waals surface area contributed by atoms with Crippen LogP contribution in [0.2, 0.25) is 0 Å². The second-order valence-electron chi connectivity index (χ2n) is 7.29. The molecule has 3 fully saturated rings. The first kappa shape index (κ1) is 15.1. The van der Waals surface area contributed by atoms with Gasteiger partial charge in [0.05, 0.1) is 5.92 Å². The van der Waals surface area contributed by atoms with E-state index in [4.69, 9.17) is 9.26 Å². The quantitative estimate of drug-likeness (QED) is 0.817. The van der Waals surface area contributed by atoms with Crippen molar-refractivity contribution >= 4 is 5.91 Å². The Morgan fingerprint density at radius 2 is 2.17 bits per heavy atom. The van der Waals surface area contributed by atoms with Crippen molar-refractivity contribution in [2.24, 2.45) is 5.41 Å². The number of carbonyl (C=O) groups excluding carboxylic acids is 1.